The van der Waals surface area contributed by atoms with Gasteiger partial charge >= 0.3 is 0 Å². The molecule has 1 aromatic rings. The van der Waals surface area contributed by atoms with Gasteiger partial charge in [-0.15, -0.1) is 0 Å². The second kappa shape index (κ2) is 7.87. The minimum absolute atomic E-state index is 0.0362. The molecule has 0 radical (unpaired) electrons. The molecule has 1 saturated heterocycles. The standard InChI is InChI=1S/C19H30N2O3S/c1-13(2)11-20-19(22)17-7-6-8-21(12-17)25(23,24)18-15(4)9-14(3)10-16(18)5/h9-10,13,17H,6-8,11-12H2,1-5H3,(H,20,22)/t17-/m1/s1. The van der Waals surface area contributed by atoms with E-state index < -0.39 is 10.0 Å². The second-order valence-corrected chi connectivity index (χ2v) is 9.44. The normalized spacial score (nSPS) is 19.2. The Labute approximate surface area is 151 Å². The van der Waals surface area contributed by atoms with Gasteiger partial charge in [0.2, 0.25) is 15.9 Å². The van der Waals surface area contributed by atoms with Crippen LogP contribution in [0.25, 0.3) is 0 Å². The predicted octanol–water partition coefficient (Wildman–Crippen LogP) is 2.78. The van der Waals surface area contributed by atoms with Crippen molar-refractivity contribution in [3.63, 3.8) is 0 Å². The molecular formula is C19H30N2O3S. The molecule has 1 fully saturated rings. The Hall–Kier alpha value is -1.40. The Balaban J connectivity index is 2.21. The van der Waals surface area contributed by atoms with Crippen molar-refractivity contribution in [2.75, 3.05) is 19.6 Å². The van der Waals surface area contributed by atoms with E-state index in [-0.39, 0.29) is 18.4 Å². The van der Waals surface area contributed by atoms with Gasteiger partial charge < -0.3 is 5.32 Å². The van der Waals surface area contributed by atoms with Crippen molar-refractivity contribution in [2.24, 2.45) is 11.8 Å². The first kappa shape index (κ1) is 19.9. The summed E-state index contributed by atoms with van der Waals surface area (Å²) in [5.41, 5.74) is 2.59. The number of rotatable bonds is 5. The molecule has 6 heteroatoms. The lowest BCUT2D eigenvalue weighted by Gasteiger charge is -2.32. The quantitative estimate of drug-likeness (QED) is 0.871. The van der Waals surface area contributed by atoms with E-state index in [0.29, 0.717) is 30.3 Å². The lowest BCUT2D eigenvalue weighted by molar-refractivity contribution is -0.126. The van der Waals surface area contributed by atoms with E-state index in [1.165, 1.54) is 4.31 Å². The van der Waals surface area contributed by atoms with Gasteiger partial charge in [0.1, 0.15) is 0 Å². The van der Waals surface area contributed by atoms with Crippen LogP contribution in [0.4, 0.5) is 0 Å². The predicted molar refractivity (Wildman–Crippen MR) is 100.0 cm³/mol. The zero-order chi connectivity index (χ0) is 18.8. The lowest BCUT2D eigenvalue weighted by atomic mass is 9.98. The summed E-state index contributed by atoms with van der Waals surface area (Å²) in [6.45, 7) is 11.1. The largest absolute Gasteiger partial charge is 0.356 e. The van der Waals surface area contributed by atoms with E-state index in [1.807, 2.05) is 46.8 Å². The van der Waals surface area contributed by atoms with Crippen LogP contribution >= 0.6 is 0 Å². The monoisotopic (exact) mass is 366 g/mol. The minimum atomic E-state index is -3.58. The van der Waals surface area contributed by atoms with Gasteiger partial charge in [-0.3, -0.25) is 4.79 Å². The van der Waals surface area contributed by atoms with E-state index in [0.717, 1.165) is 23.1 Å². The van der Waals surface area contributed by atoms with Gasteiger partial charge in [-0.05, 0) is 50.7 Å². The molecule has 1 aromatic carbocycles. The average Bonchev–Trinajstić information content (AvgIpc) is 2.51. The first-order chi connectivity index (χ1) is 11.6. The van der Waals surface area contributed by atoms with Crippen LogP contribution in [0.15, 0.2) is 17.0 Å². The first-order valence-corrected chi connectivity index (χ1v) is 10.4. The maximum absolute atomic E-state index is 13.2. The van der Waals surface area contributed by atoms with Gasteiger partial charge in [0, 0.05) is 19.6 Å². The molecule has 0 unspecified atom stereocenters. The maximum atomic E-state index is 13.2. The molecule has 1 aliphatic rings. The van der Waals surface area contributed by atoms with Crippen LogP contribution in [0.5, 0.6) is 0 Å². The summed E-state index contributed by atoms with van der Waals surface area (Å²) in [5, 5.41) is 2.93. The van der Waals surface area contributed by atoms with Crippen molar-refractivity contribution >= 4 is 15.9 Å². The van der Waals surface area contributed by atoms with Crippen LogP contribution in [-0.2, 0) is 14.8 Å². The molecule has 140 valence electrons. The highest BCUT2D eigenvalue weighted by molar-refractivity contribution is 7.89. The fourth-order valence-electron chi connectivity index (χ4n) is 3.53. The van der Waals surface area contributed by atoms with Gasteiger partial charge in [-0.2, -0.15) is 4.31 Å². The molecule has 1 heterocycles. The number of carbonyl (C=O) groups excluding carboxylic acids is 1. The van der Waals surface area contributed by atoms with Crippen LogP contribution in [-0.4, -0.2) is 38.3 Å². The van der Waals surface area contributed by atoms with Crippen LogP contribution in [0.1, 0.15) is 43.4 Å². The number of aryl methyl sites for hydroxylation is 3. The van der Waals surface area contributed by atoms with Crippen molar-refractivity contribution < 1.29 is 13.2 Å². The molecule has 0 bridgehead atoms. The third-order valence-electron chi connectivity index (χ3n) is 4.64. The maximum Gasteiger partial charge on any atom is 0.243 e. The highest BCUT2D eigenvalue weighted by atomic mass is 32.2. The zero-order valence-corrected chi connectivity index (χ0v) is 16.7. The summed E-state index contributed by atoms with van der Waals surface area (Å²) in [7, 11) is -3.58. The lowest BCUT2D eigenvalue weighted by Crippen LogP contribution is -2.46. The number of benzene rings is 1. The summed E-state index contributed by atoms with van der Waals surface area (Å²) < 4.78 is 27.8. The minimum Gasteiger partial charge on any atom is -0.356 e. The molecule has 1 amide bonds. The number of carbonyl (C=O) groups is 1. The summed E-state index contributed by atoms with van der Waals surface area (Å²) in [6.07, 6.45) is 1.45. The summed E-state index contributed by atoms with van der Waals surface area (Å²) >= 11 is 0. The Morgan fingerprint density at radius 3 is 2.40 bits per heavy atom. The fourth-order valence-corrected chi connectivity index (χ4v) is 5.46. The van der Waals surface area contributed by atoms with Crippen molar-refractivity contribution in [2.45, 2.75) is 52.4 Å². The third-order valence-corrected chi connectivity index (χ3v) is 6.81. The molecule has 0 spiro atoms. The van der Waals surface area contributed by atoms with Crippen molar-refractivity contribution in [3.8, 4) is 0 Å². The molecule has 25 heavy (non-hydrogen) atoms. The topological polar surface area (TPSA) is 66.5 Å². The van der Waals surface area contributed by atoms with Gasteiger partial charge in [0.15, 0.2) is 0 Å². The Bertz CT molecular complexity index is 718. The van der Waals surface area contributed by atoms with Crippen LogP contribution in [0.2, 0.25) is 0 Å². The molecule has 1 atom stereocenters. The average molecular weight is 367 g/mol. The molecule has 0 saturated carbocycles. The van der Waals surface area contributed by atoms with E-state index in [1.54, 1.807) is 0 Å². The number of hydrogen-bond donors (Lipinski definition) is 1. The fraction of sp³-hybridized carbons (Fsp3) is 0.632. The van der Waals surface area contributed by atoms with Crippen LogP contribution in [0.3, 0.4) is 0 Å². The molecular weight excluding hydrogens is 336 g/mol. The molecule has 0 aromatic heterocycles. The Morgan fingerprint density at radius 2 is 1.84 bits per heavy atom. The van der Waals surface area contributed by atoms with Crippen molar-refractivity contribution in [3.05, 3.63) is 28.8 Å². The zero-order valence-electron chi connectivity index (χ0n) is 15.9. The van der Waals surface area contributed by atoms with Gasteiger partial charge in [-0.1, -0.05) is 31.5 Å². The highest BCUT2D eigenvalue weighted by Crippen LogP contribution is 2.28. The number of sulfonamides is 1. The van der Waals surface area contributed by atoms with E-state index in [4.69, 9.17) is 0 Å². The number of amides is 1. The van der Waals surface area contributed by atoms with Crippen molar-refractivity contribution in [1.29, 1.82) is 0 Å². The Kier molecular flexibility index (Phi) is 6.27. The molecule has 1 aliphatic heterocycles. The van der Waals surface area contributed by atoms with Gasteiger partial charge in [-0.25, -0.2) is 8.42 Å². The number of nitrogens with one attached hydrogen (secondary N) is 1. The third kappa shape index (κ3) is 4.61. The summed E-state index contributed by atoms with van der Waals surface area (Å²) in [6, 6.07) is 3.80. The summed E-state index contributed by atoms with van der Waals surface area (Å²) in [5.74, 6) is 0.0736. The van der Waals surface area contributed by atoms with E-state index >= 15 is 0 Å². The SMILES string of the molecule is Cc1cc(C)c(S(=O)(=O)N2CCC[C@@H](C(=O)NCC(C)C)C2)c(C)c1. The second-order valence-electron chi connectivity index (χ2n) is 7.57. The molecule has 0 aliphatic carbocycles. The molecule has 5 nitrogen and oxygen atoms in total. The number of hydrogen-bond acceptors (Lipinski definition) is 3. The van der Waals surface area contributed by atoms with E-state index in [9.17, 15) is 13.2 Å². The van der Waals surface area contributed by atoms with Crippen molar-refractivity contribution in [1.82, 2.24) is 9.62 Å². The number of nitrogens with zero attached hydrogens (tertiary/aromatic N) is 1. The first-order valence-electron chi connectivity index (χ1n) is 8.98. The highest BCUT2D eigenvalue weighted by Gasteiger charge is 2.34. The molecule has 1 N–H and O–H groups in total. The number of piperidine rings is 1. The van der Waals surface area contributed by atoms with Crippen LogP contribution in [0, 0.1) is 32.6 Å². The van der Waals surface area contributed by atoms with E-state index in [2.05, 4.69) is 5.32 Å². The van der Waals surface area contributed by atoms with Gasteiger partial charge in [0.05, 0.1) is 10.8 Å². The van der Waals surface area contributed by atoms with Gasteiger partial charge in [0.25, 0.3) is 0 Å². The molecule has 2 rings (SSSR count). The van der Waals surface area contributed by atoms with Crippen LogP contribution < -0.4 is 5.32 Å². The summed E-state index contributed by atoms with van der Waals surface area (Å²) in [4.78, 5) is 12.7. The smallest absolute Gasteiger partial charge is 0.243 e. The Morgan fingerprint density at radius 1 is 1.24 bits per heavy atom.